The zero-order valence-corrected chi connectivity index (χ0v) is 9.19. The summed E-state index contributed by atoms with van der Waals surface area (Å²) in [6.07, 6.45) is 0. The number of rotatable bonds is 2. The third-order valence-corrected chi connectivity index (χ3v) is 4.38. The molecule has 1 aromatic heterocycles. The Labute approximate surface area is 83.2 Å². The fourth-order valence-corrected chi connectivity index (χ4v) is 3.48. The number of aromatic nitrogens is 1. The van der Waals surface area contributed by atoms with Crippen molar-refractivity contribution in [3.8, 4) is 0 Å². The number of thiazole rings is 1. The summed E-state index contributed by atoms with van der Waals surface area (Å²) in [5.41, 5.74) is 9.27. The average molecular weight is 196 g/mol. The molecular weight excluding hydrogens is 180 g/mol. The third-order valence-electron chi connectivity index (χ3n) is 3.37. The number of nitrogens with two attached hydrogens (primary N) is 1. The second-order valence-electron chi connectivity index (χ2n) is 4.44. The molecule has 1 aromatic rings. The zero-order valence-electron chi connectivity index (χ0n) is 8.37. The molecule has 0 aliphatic heterocycles. The molecule has 0 bridgehead atoms. The monoisotopic (exact) mass is 196 g/mol. The van der Waals surface area contributed by atoms with Crippen LogP contribution >= 0.6 is 11.3 Å². The summed E-state index contributed by atoms with van der Waals surface area (Å²) >= 11 is 1.77. The van der Waals surface area contributed by atoms with Gasteiger partial charge in [0, 0.05) is 10.8 Å². The van der Waals surface area contributed by atoms with Crippen LogP contribution in [0.3, 0.4) is 0 Å². The van der Waals surface area contributed by atoms with Gasteiger partial charge >= 0.3 is 0 Å². The number of aryl methyl sites for hydroxylation is 1. The van der Waals surface area contributed by atoms with E-state index in [0.29, 0.717) is 17.3 Å². The summed E-state index contributed by atoms with van der Waals surface area (Å²) in [5, 5.41) is 0. The largest absolute Gasteiger partial charge is 0.330 e. The van der Waals surface area contributed by atoms with Gasteiger partial charge in [-0.25, -0.2) is 4.98 Å². The molecule has 1 heterocycles. The summed E-state index contributed by atoms with van der Waals surface area (Å²) in [5.74, 6) is 1.32. The van der Waals surface area contributed by atoms with Gasteiger partial charge < -0.3 is 5.73 Å². The number of nitrogens with zero attached hydrogens (tertiary/aromatic N) is 1. The van der Waals surface area contributed by atoms with Crippen molar-refractivity contribution in [2.45, 2.75) is 26.7 Å². The van der Waals surface area contributed by atoms with Crippen LogP contribution in [-0.4, -0.2) is 11.5 Å². The van der Waals surface area contributed by atoms with Crippen LogP contribution in [0.1, 0.15) is 30.3 Å². The van der Waals surface area contributed by atoms with Gasteiger partial charge in [-0.2, -0.15) is 0 Å². The van der Waals surface area contributed by atoms with Crippen LogP contribution in [0.25, 0.3) is 0 Å². The smallest absolute Gasteiger partial charge is 0.0797 e. The first-order valence-corrected chi connectivity index (χ1v) is 5.57. The molecule has 0 spiro atoms. The minimum absolute atomic E-state index is 0.395. The van der Waals surface area contributed by atoms with Gasteiger partial charge in [0.05, 0.1) is 11.2 Å². The molecule has 72 valence electrons. The molecule has 0 unspecified atom stereocenters. The van der Waals surface area contributed by atoms with Crippen molar-refractivity contribution in [3.63, 3.8) is 0 Å². The van der Waals surface area contributed by atoms with Crippen molar-refractivity contribution in [2.24, 2.45) is 17.1 Å². The molecule has 2 N–H and O–H groups in total. The van der Waals surface area contributed by atoms with E-state index in [-0.39, 0.29) is 0 Å². The maximum atomic E-state index is 5.74. The molecule has 0 aromatic carbocycles. The van der Waals surface area contributed by atoms with Gasteiger partial charge in [0.1, 0.15) is 0 Å². The first-order valence-electron chi connectivity index (χ1n) is 4.69. The van der Waals surface area contributed by atoms with Crippen LogP contribution in [0, 0.1) is 18.3 Å². The fourth-order valence-electron chi connectivity index (χ4n) is 2.31. The van der Waals surface area contributed by atoms with Crippen molar-refractivity contribution < 1.29 is 0 Å². The molecular formula is C10H16N2S. The lowest BCUT2D eigenvalue weighted by Gasteiger charge is -1.99. The molecule has 3 heteroatoms. The minimum atomic E-state index is 0.395. The summed E-state index contributed by atoms with van der Waals surface area (Å²) in [4.78, 5) is 5.73. The Kier molecular flexibility index (Phi) is 1.96. The quantitative estimate of drug-likeness (QED) is 0.787. The Balaban J connectivity index is 2.26. The van der Waals surface area contributed by atoms with E-state index in [9.17, 15) is 0 Å². The van der Waals surface area contributed by atoms with E-state index in [0.717, 1.165) is 6.54 Å². The Morgan fingerprint density at radius 1 is 1.62 bits per heavy atom. The SMILES string of the molecule is Cc1ncsc1[C@@H]1[C@@H](CN)C1(C)C. The molecule has 1 fully saturated rings. The summed E-state index contributed by atoms with van der Waals surface area (Å²) < 4.78 is 0. The van der Waals surface area contributed by atoms with E-state index in [1.807, 2.05) is 5.51 Å². The topological polar surface area (TPSA) is 38.9 Å². The van der Waals surface area contributed by atoms with Gasteiger partial charge in [0.25, 0.3) is 0 Å². The van der Waals surface area contributed by atoms with E-state index < -0.39 is 0 Å². The van der Waals surface area contributed by atoms with Crippen LogP contribution in [0.15, 0.2) is 5.51 Å². The Hall–Kier alpha value is -0.410. The lowest BCUT2D eigenvalue weighted by molar-refractivity contribution is 0.559. The predicted molar refractivity (Wildman–Crippen MR) is 55.9 cm³/mol. The van der Waals surface area contributed by atoms with E-state index >= 15 is 0 Å². The van der Waals surface area contributed by atoms with Crippen LogP contribution in [0.2, 0.25) is 0 Å². The van der Waals surface area contributed by atoms with Crippen molar-refractivity contribution in [1.82, 2.24) is 4.98 Å². The third kappa shape index (κ3) is 1.22. The first kappa shape index (κ1) is 9.16. The Morgan fingerprint density at radius 3 is 2.69 bits per heavy atom. The van der Waals surface area contributed by atoms with E-state index in [4.69, 9.17) is 5.73 Å². The van der Waals surface area contributed by atoms with Crippen molar-refractivity contribution in [1.29, 1.82) is 0 Å². The lowest BCUT2D eigenvalue weighted by atomic mass is 10.1. The van der Waals surface area contributed by atoms with Gasteiger partial charge in [0.15, 0.2) is 0 Å². The molecule has 1 aliphatic rings. The van der Waals surface area contributed by atoms with Gasteiger partial charge in [-0.15, -0.1) is 11.3 Å². The molecule has 0 radical (unpaired) electrons. The van der Waals surface area contributed by atoms with E-state index in [1.165, 1.54) is 10.6 Å². The van der Waals surface area contributed by atoms with Crippen LogP contribution in [0.4, 0.5) is 0 Å². The lowest BCUT2D eigenvalue weighted by Crippen LogP contribution is -2.05. The van der Waals surface area contributed by atoms with E-state index in [1.54, 1.807) is 11.3 Å². The molecule has 0 saturated heterocycles. The van der Waals surface area contributed by atoms with Gasteiger partial charge in [-0.1, -0.05) is 13.8 Å². The summed E-state index contributed by atoms with van der Waals surface area (Å²) in [6, 6.07) is 0. The highest BCUT2D eigenvalue weighted by atomic mass is 32.1. The molecule has 2 atom stereocenters. The first-order chi connectivity index (χ1) is 6.09. The Morgan fingerprint density at radius 2 is 2.31 bits per heavy atom. The van der Waals surface area contributed by atoms with Crippen molar-refractivity contribution >= 4 is 11.3 Å². The van der Waals surface area contributed by atoms with Gasteiger partial charge in [0.2, 0.25) is 0 Å². The zero-order chi connectivity index (χ0) is 9.64. The maximum absolute atomic E-state index is 5.74. The molecule has 2 nitrogen and oxygen atoms in total. The highest BCUT2D eigenvalue weighted by molar-refractivity contribution is 7.09. The Bertz CT molecular complexity index is 316. The molecule has 1 aliphatic carbocycles. The fraction of sp³-hybridized carbons (Fsp3) is 0.700. The van der Waals surface area contributed by atoms with Crippen LogP contribution in [-0.2, 0) is 0 Å². The predicted octanol–water partition coefficient (Wildman–Crippen LogP) is 2.15. The highest BCUT2D eigenvalue weighted by Gasteiger charge is 2.58. The number of hydrogen-bond acceptors (Lipinski definition) is 3. The average Bonchev–Trinajstić information content (AvgIpc) is 2.41. The van der Waals surface area contributed by atoms with Crippen LogP contribution < -0.4 is 5.73 Å². The molecule has 13 heavy (non-hydrogen) atoms. The molecule has 1 saturated carbocycles. The van der Waals surface area contributed by atoms with Gasteiger partial charge in [-0.05, 0) is 24.8 Å². The second kappa shape index (κ2) is 2.79. The standard InChI is InChI=1S/C10H16N2S/c1-6-9(13-5-12-6)8-7(4-11)10(8,2)3/h5,7-8H,4,11H2,1-3H3/t7-,8+/m1/s1. The van der Waals surface area contributed by atoms with Crippen molar-refractivity contribution in [2.75, 3.05) is 6.54 Å². The second-order valence-corrected chi connectivity index (χ2v) is 5.33. The highest BCUT2D eigenvalue weighted by Crippen LogP contribution is 2.64. The summed E-state index contributed by atoms with van der Waals surface area (Å²) in [6.45, 7) is 7.49. The maximum Gasteiger partial charge on any atom is 0.0797 e. The minimum Gasteiger partial charge on any atom is -0.330 e. The van der Waals surface area contributed by atoms with Crippen molar-refractivity contribution in [3.05, 3.63) is 16.1 Å². The number of hydrogen-bond donors (Lipinski definition) is 1. The van der Waals surface area contributed by atoms with Gasteiger partial charge in [-0.3, -0.25) is 0 Å². The normalized spacial score (nSPS) is 30.5. The molecule has 2 rings (SSSR count). The molecule has 0 amide bonds. The van der Waals surface area contributed by atoms with E-state index in [2.05, 4.69) is 25.8 Å². The summed E-state index contributed by atoms with van der Waals surface area (Å²) in [7, 11) is 0. The van der Waals surface area contributed by atoms with Crippen LogP contribution in [0.5, 0.6) is 0 Å².